The van der Waals surface area contributed by atoms with Crippen LogP contribution < -0.4 is 10.1 Å². The number of hydrogen-bond donors (Lipinski definition) is 2. The first kappa shape index (κ1) is 15.6. The lowest BCUT2D eigenvalue weighted by molar-refractivity contribution is -0.118. The Morgan fingerprint density at radius 3 is 2.82 bits per heavy atom. The van der Waals surface area contributed by atoms with E-state index in [2.05, 4.69) is 10.5 Å². The molecule has 5 heteroatoms. The number of carbonyl (C=O) groups excluding carboxylic acids is 1. The third kappa shape index (κ3) is 4.09. The van der Waals surface area contributed by atoms with Crippen molar-refractivity contribution in [2.75, 3.05) is 11.9 Å². The number of aryl methyl sites for hydroxylation is 1. The largest absolute Gasteiger partial charge is 0.484 e. The second kappa shape index (κ2) is 7.26. The lowest BCUT2D eigenvalue weighted by Crippen LogP contribution is -2.20. The monoisotopic (exact) mass is 298 g/mol. The van der Waals surface area contributed by atoms with Crippen molar-refractivity contribution in [1.29, 1.82) is 0 Å². The van der Waals surface area contributed by atoms with E-state index in [4.69, 9.17) is 9.94 Å². The van der Waals surface area contributed by atoms with Crippen LogP contribution in [0.3, 0.4) is 0 Å². The van der Waals surface area contributed by atoms with E-state index in [1.54, 1.807) is 24.3 Å². The van der Waals surface area contributed by atoms with Gasteiger partial charge in [-0.05, 0) is 48.7 Å². The molecule has 0 aromatic heterocycles. The molecule has 114 valence electrons. The summed E-state index contributed by atoms with van der Waals surface area (Å²) in [5, 5.41) is 14.3. The smallest absolute Gasteiger partial charge is 0.262 e. The van der Waals surface area contributed by atoms with Crippen molar-refractivity contribution in [1.82, 2.24) is 0 Å². The van der Waals surface area contributed by atoms with Gasteiger partial charge in [0.15, 0.2) is 6.61 Å². The van der Waals surface area contributed by atoms with Crippen LogP contribution in [0, 0.1) is 13.8 Å². The molecule has 0 heterocycles. The molecular weight excluding hydrogens is 280 g/mol. The fourth-order valence-corrected chi connectivity index (χ4v) is 1.97. The number of rotatable bonds is 5. The van der Waals surface area contributed by atoms with Crippen LogP contribution in [0.4, 0.5) is 5.69 Å². The van der Waals surface area contributed by atoms with Crippen LogP contribution in [0.5, 0.6) is 5.75 Å². The molecule has 0 saturated heterocycles. The second-order valence-electron chi connectivity index (χ2n) is 4.90. The molecule has 0 fully saturated rings. The summed E-state index contributed by atoms with van der Waals surface area (Å²) < 4.78 is 5.44. The van der Waals surface area contributed by atoms with E-state index in [1.807, 2.05) is 32.0 Å². The molecule has 0 radical (unpaired) electrons. The Labute approximate surface area is 129 Å². The Hall–Kier alpha value is -2.82. The average Bonchev–Trinajstić information content (AvgIpc) is 2.51. The third-order valence-electron chi connectivity index (χ3n) is 3.31. The van der Waals surface area contributed by atoms with Gasteiger partial charge < -0.3 is 15.3 Å². The molecule has 0 saturated carbocycles. The molecule has 22 heavy (non-hydrogen) atoms. The van der Waals surface area contributed by atoms with E-state index in [-0.39, 0.29) is 12.5 Å². The first-order valence-corrected chi connectivity index (χ1v) is 6.86. The topological polar surface area (TPSA) is 70.9 Å². The summed E-state index contributed by atoms with van der Waals surface area (Å²) in [5.41, 5.74) is 3.64. The summed E-state index contributed by atoms with van der Waals surface area (Å²) in [6.07, 6.45) is 1.29. The highest BCUT2D eigenvalue weighted by Gasteiger charge is 2.07. The molecule has 0 spiro atoms. The van der Waals surface area contributed by atoms with Crippen molar-refractivity contribution in [3.05, 3.63) is 59.2 Å². The summed E-state index contributed by atoms with van der Waals surface area (Å²) in [6.45, 7) is 3.87. The first-order valence-electron chi connectivity index (χ1n) is 6.86. The molecule has 0 aliphatic heterocycles. The first-order chi connectivity index (χ1) is 10.6. The highest BCUT2D eigenvalue weighted by atomic mass is 16.5. The maximum Gasteiger partial charge on any atom is 0.262 e. The van der Waals surface area contributed by atoms with Crippen molar-refractivity contribution >= 4 is 17.8 Å². The standard InChI is InChI=1S/C17H18N2O3/c1-12-5-3-8-16(13(12)2)19-17(20)11-22-15-7-4-6-14(9-15)10-18-21/h3-10,21H,11H2,1-2H3,(H,19,20)/b18-10+. The van der Waals surface area contributed by atoms with Gasteiger partial charge in [0, 0.05) is 5.69 Å². The van der Waals surface area contributed by atoms with Gasteiger partial charge >= 0.3 is 0 Å². The molecule has 2 aromatic carbocycles. The lowest BCUT2D eigenvalue weighted by Gasteiger charge is -2.11. The van der Waals surface area contributed by atoms with Crippen LogP contribution in [0.2, 0.25) is 0 Å². The molecule has 5 nitrogen and oxygen atoms in total. The fraction of sp³-hybridized carbons (Fsp3) is 0.176. The summed E-state index contributed by atoms with van der Waals surface area (Å²) in [7, 11) is 0. The zero-order valence-corrected chi connectivity index (χ0v) is 12.5. The maximum atomic E-state index is 12.0. The average molecular weight is 298 g/mol. The number of benzene rings is 2. The minimum atomic E-state index is -0.227. The van der Waals surface area contributed by atoms with Gasteiger partial charge in [-0.25, -0.2) is 0 Å². The van der Waals surface area contributed by atoms with Crippen LogP contribution in [0.15, 0.2) is 47.6 Å². The van der Waals surface area contributed by atoms with E-state index < -0.39 is 0 Å². The predicted molar refractivity (Wildman–Crippen MR) is 85.9 cm³/mol. The number of nitrogens with one attached hydrogen (secondary N) is 1. The predicted octanol–water partition coefficient (Wildman–Crippen LogP) is 3.13. The number of amides is 1. The van der Waals surface area contributed by atoms with E-state index in [1.165, 1.54) is 6.21 Å². The molecule has 0 unspecified atom stereocenters. The summed E-state index contributed by atoms with van der Waals surface area (Å²) in [5.74, 6) is 0.309. The highest BCUT2D eigenvalue weighted by Crippen LogP contribution is 2.18. The molecule has 2 N–H and O–H groups in total. The second-order valence-corrected chi connectivity index (χ2v) is 4.90. The van der Waals surface area contributed by atoms with Gasteiger partial charge in [0.05, 0.1) is 6.21 Å². The molecular formula is C17H18N2O3. The van der Waals surface area contributed by atoms with Gasteiger partial charge in [-0.1, -0.05) is 29.4 Å². The molecule has 1 amide bonds. The summed E-state index contributed by atoms with van der Waals surface area (Å²) >= 11 is 0. The normalized spacial score (nSPS) is 10.6. The summed E-state index contributed by atoms with van der Waals surface area (Å²) in [6, 6.07) is 12.7. The van der Waals surface area contributed by atoms with Gasteiger partial charge in [-0.15, -0.1) is 0 Å². The van der Waals surface area contributed by atoms with Crippen LogP contribution in [0.25, 0.3) is 0 Å². The number of oxime groups is 1. The van der Waals surface area contributed by atoms with Crippen molar-refractivity contribution in [3.8, 4) is 5.75 Å². The molecule has 2 aromatic rings. The van der Waals surface area contributed by atoms with Crippen LogP contribution in [-0.2, 0) is 4.79 Å². The van der Waals surface area contributed by atoms with Crippen LogP contribution >= 0.6 is 0 Å². The Kier molecular flexibility index (Phi) is 5.14. The van der Waals surface area contributed by atoms with Gasteiger partial charge in [0.2, 0.25) is 0 Å². The highest BCUT2D eigenvalue weighted by molar-refractivity contribution is 5.92. The van der Waals surface area contributed by atoms with Crippen molar-refractivity contribution in [2.45, 2.75) is 13.8 Å². The Morgan fingerprint density at radius 1 is 1.27 bits per heavy atom. The van der Waals surface area contributed by atoms with E-state index in [0.717, 1.165) is 16.8 Å². The molecule has 0 atom stereocenters. The number of anilines is 1. The third-order valence-corrected chi connectivity index (χ3v) is 3.31. The van der Waals surface area contributed by atoms with Gasteiger partial charge in [0.1, 0.15) is 5.75 Å². The minimum absolute atomic E-state index is 0.0902. The van der Waals surface area contributed by atoms with Crippen molar-refractivity contribution in [2.24, 2.45) is 5.16 Å². The molecule has 0 aliphatic carbocycles. The van der Waals surface area contributed by atoms with Crippen LogP contribution in [-0.4, -0.2) is 23.9 Å². The fourth-order valence-electron chi connectivity index (χ4n) is 1.97. The number of carbonyl (C=O) groups is 1. The zero-order chi connectivity index (χ0) is 15.9. The Morgan fingerprint density at radius 2 is 2.05 bits per heavy atom. The number of hydrogen-bond acceptors (Lipinski definition) is 4. The number of nitrogens with zero attached hydrogens (tertiary/aromatic N) is 1. The Bertz CT molecular complexity index is 696. The van der Waals surface area contributed by atoms with E-state index in [0.29, 0.717) is 11.3 Å². The SMILES string of the molecule is Cc1cccc(NC(=O)COc2cccc(/C=N/O)c2)c1C. The van der Waals surface area contributed by atoms with Gasteiger partial charge in [-0.2, -0.15) is 0 Å². The molecule has 0 aliphatic rings. The van der Waals surface area contributed by atoms with E-state index >= 15 is 0 Å². The van der Waals surface area contributed by atoms with Crippen molar-refractivity contribution in [3.63, 3.8) is 0 Å². The zero-order valence-electron chi connectivity index (χ0n) is 12.5. The Balaban J connectivity index is 1.95. The summed E-state index contributed by atoms with van der Waals surface area (Å²) in [4.78, 5) is 12.0. The van der Waals surface area contributed by atoms with Gasteiger partial charge in [-0.3, -0.25) is 4.79 Å². The molecule has 2 rings (SSSR count). The van der Waals surface area contributed by atoms with Crippen LogP contribution in [0.1, 0.15) is 16.7 Å². The maximum absolute atomic E-state index is 12.0. The van der Waals surface area contributed by atoms with Crippen molar-refractivity contribution < 1.29 is 14.7 Å². The van der Waals surface area contributed by atoms with Gasteiger partial charge in [0.25, 0.3) is 5.91 Å². The number of ether oxygens (including phenoxy) is 1. The molecule has 0 bridgehead atoms. The lowest BCUT2D eigenvalue weighted by atomic mass is 10.1. The van der Waals surface area contributed by atoms with E-state index in [9.17, 15) is 4.79 Å². The quantitative estimate of drug-likeness (QED) is 0.506. The minimum Gasteiger partial charge on any atom is -0.484 e.